The summed E-state index contributed by atoms with van der Waals surface area (Å²) in [6.45, 7) is 1.87. The normalized spacial score (nSPS) is 10.3. The average molecular weight is 295 g/mol. The zero-order valence-corrected chi connectivity index (χ0v) is 11.7. The number of hydrogen-bond donors (Lipinski definition) is 2. The molecule has 1 amide bonds. The van der Waals surface area contributed by atoms with Crippen LogP contribution in [0.1, 0.15) is 15.9 Å². The fourth-order valence-electron chi connectivity index (χ4n) is 1.71. The zero-order valence-electron chi connectivity index (χ0n) is 10.2. The Balaban J connectivity index is 2.25. The minimum Gasteiger partial charge on any atom is -0.399 e. The number of nitrogens with two attached hydrogens (primary N) is 1. The van der Waals surface area contributed by atoms with E-state index in [1.165, 1.54) is 0 Å². The van der Waals surface area contributed by atoms with Gasteiger partial charge in [0.1, 0.15) is 0 Å². The molecule has 0 radical (unpaired) electrons. The van der Waals surface area contributed by atoms with Crippen molar-refractivity contribution < 1.29 is 4.79 Å². The molecule has 19 heavy (non-hydrogen) atoms. The molecule has 0 bridgehead atoms. The summed E-state index contributed by atoms with van der Waals surface area (Å²) >= 11 is 11.7. The predicted octanol–water partition coefficient (Wildman–Crippen LogP) is 4.14. The molecule has 2 aromatic carbocycles. The lowest BCUT2D eigenvalue weighted by atomic mass is 10.1. The molecule has 0 aliphatic carbocycles. The SMILES string of the molecule is Cc1cc(N)ccc1NC(=O)c1cc(Cl)cc(Cl)c1. The molecule has 2 rings (SSSR count). The second-order valence-corrected chi connectivity index (χ2v) is 5.06. The van der Waals surface area contributed by atoms with Crippen LogP contribution < -0.4 is 11.1 Å². The highest BCUT2D eigenvalue weighted by Crippen LogP contribution is 2.22. The van der Waals surface area contributed by atoms with E-state index in [0.717, 1.165) is 5.56 Å². The van der Waals surface area contributed by atoms with Gasteiger partial charge in [0.05, 0.1) is 0 Å². The number of benzene rings is 2. The Morgan fingerprint density at radius 3 is 2.32 bits per heavy atom. The minimum absolute atomic E-state index is 0.266. The van der Waals surface area contributed by atoms with Crippen molar-refractivity contribution in [3.63, 3.8) is 0 Å². The van der Waals surface area contributed by atoms with Gasteiger partial charge in [-0.05, 0) is 48.9 Å². The highest BCUT2D eigenvalue weighted by atomic mass is 35.5. The van der Waals surface area contributed by atoms with E-state index in [-0.39, 0.29) is 5.91 Å². The number of aryl methyl sites for hydroxylation is 1. The lowest BCUT2D eigenvalue weighted by molar-refractivity contribution is 0.102. The molecule has 5 heteroatoms. The maximum Gasteiger partial charge on any atom is 0.255 e. The maximum atomic E-state index is 12.1. The van der Waals surface area contributed by atoms with Crippen molar-refractivity contribution in [1.82, 2.24) is 0 Å². The van der Waals surface area contributed by atoms with Gasteiger partial charge in [-0.25, -0.2) is 0 Å². The van der Waals surface area contributed by atoms with Crippen molar-refractivity contribution >= 4 is 40.5 Å². The van der Waals surface area contributed by atoms with Crippen molar-refractivity contribution in [3.05, 3.63) is 57.6 Å². The summed E-state index contributed by atoms with van der Waals surface area (Å²) in [7, 11) is 0. The standard InChI is InChI=1S/C14H12Cl2N2O/c1-8-4-12(17)2-3-13(8)18-14(19)9-5-10(15)7-11(16)6-9/h2-7H,17H2,1H3,(H,18,19). The Morgan fingerprint density at radius 1 is 1.11 bits per heavy atom. The van der Waals surface area contributed by atoms with Gasteiger partial charge in [0.15, 0.2) is 0 Å². The van der Waals surface area contributed by atoms with Gasteiger partial charge in [-0.3, -0.25) is 4.79 Å². The summed E-state index contributed by atoms with van der Waals surface area (Å²) in [5.74, 6) is -0.266. The van der Waals surface area contributed by atoms with Crippen LogP contribution in [-0.4, -0.2) is 5.91 Å². The molecule has 0 spiro atoms. The molecule has 0 heterocycles. The van der Waals surface area contributed by atoms with E-state index in [2.05, 4.69) is 5.32 Å². The van der Waals surface area contributed by atoms with Crippen LogP contribution in [-0.2, 0) is 0 Å². The number of carbonyl (C=O) groups is 1. The second kappa shape index (κ2) is 5.51. The largest absolute Gasteiger partial charge is 0.399 e. The van der Waals surface area contributed by atoms with Crippen LogP contribution >= 0.6 is 23.2 Å². The molecule has 0 aliphatic heterocycles. The molecule has 0 aliphatic rings. The van der Waals surface area contributed by atoms with E-state index < -0.39 is 0 Å². The zero-order chi connectivity index (χ0) is 14.0. The first kappa shape index (κ1) is 13.7. The van der Waals surface area contributed by atoms with Crippen molar-refractivity contribution in [3.8, 4) is 0 Å². The van der Waals surface area contributed by atoms with Gasteiger partial charge in [-0.1, -0.05) is 23.2 Å². The summed E-state index contributed by atoms with van der Waals surface area (Å²) < 4.78 is 0. The third-order valence-electron chi connectivity index (χ3n) is 2.62. The lowest BCUT2D eigenvalue weighted by Crippen LogP contribution is -2.12. The van der Waals surface area contributed by atoms with Gasteiger partial charge < -0.3 is 11.1 Å². The molecular formula is C14H12Cl2N2O. The summed E-state index contributed by atoms with van der Waals surface area (Å²) in [6, 6.07) is 9.99. The van der Waals surface area contributed by atoms with Crippen molar-refractivity contribution in [2.45, 2.75) is 6.92 Å². The van der Waals surface area contributed by atoms with Gasteiger partial charge in [0.25, 0.3) is 5.91 Å². The predicted molar refractivity (Wildman–Crippen MR) is 80.0 cm³/mol. The Labute approximate surface area is 121 Å². The van der Waals surface area contributed by atoms with Crippen molar-refractivity contribution in [2.75, 3.05) is 11.1 Å². The Morgan fingerprint density at radius 2 is 1.74 bits per heavy atom. The van der Waals surface area contributed by atoms with E-state index in [9.17, 15) is 4.79 Å². The van der Waals surface area contributed by atoms with E-state index in [1.54, 1.807) is 36.4 Å². The van der Waals surface area contributed by atoms with Gasteiger partial charge >= 0.3 is 0 Å². The van der Waals surface area contributed by atoms with Crippen LogP contribution in [0.15, 0.2) is 36.4 Å². The van der Waals surface area contributed by atoms with E-state index in [4.69, 9.17) is 28.9 Å². The number of carbonyl (C=O) groups excluding carboxylic acids is 1. The molecule has 0 aromatic heterocycles. The topological polar surface area (TPSA) is 55.1 Å². The first-order valence-corrected chi connectivity index (χ1v) is 6.35. The maximum absolute atomic E-state index is 12.1. The molecule has 3 N–H and O–H groups in total. The fourth-order valence-corrected chi connectivity index (χ4v) is 2.23. The number of halogens is 2. The van der Waals surface area contributed by atoms with Crippen LogP contribution in [0.3, 0.4) is 0 Å². The van der Waals surface area contributed by atoms with Gasteiger partial charge in [-0.2, -0.15) is 0 Å². The first-order chi connectivity index (χ1) is 8.95. The van der Waals surface area contributed by atoms with Crippen LogP contribution in [0.4, 0.5) is 11.4 Å². The highest BCUT2D eigenvalue weighted by molar-refractivity contribution is 6.35. The lowest BCUT2D eigenvalue weighted by Gasteiger charge is -2.09. The second-order valence-electron chi connectivity index (χ2n) is 4.19. The number of anilines is 2. The summed E-state index contributed by atoms with van der Waals surface area (Å²) in [6.07, 6.45) is 0. The van der Waals surface area contributed by atoms with Crippen molar-refractivity contribution in [1.29, 1.82) is 0 Å². The Kier molecular flexibility index (Phi) is 3.98. The molecule has 0 saturated carbocycles. The molecule has 3 nitrogen and oxygen atoms in total. The van der Waals surface area contributed by atoms with E-state index in [0.29, 0.717) is 27.0 Å². The van der Waals surface area contributed by atoms with Crippen LogP contribution in [0.25, 0.3) is 0 Å². The number of nitrogen functional groups attached to an aromatic ring is 1. The van der Waals surface area contributed by atoms with Crippen LogP contribution in [0, 0.1) is 6.92 Å². The summed E-state index contributed by atoms with van der Waals surface area (Å²) in [5.41, 5.74) is 8.32. The van der Waals surface area contributed by atoms with E-state index in [1.807, 2.05) is 6.92 Å². The Bertz CT molecular complexity index is 621. The Hall–Kier alpha value is -1.71. The number of amides is 1. The molecule has 0 fully saturated rings. The molecule has 0 atom stereocenters. The van der Waals surface area contributed by atoms with E-state index >= 15 is 0 Å². The molecule has 0 unspecified atom stereocenters. The van der Waals surface area contributed by atoms with Crippen LogP contribution in [0.5, 0.6) is 0 Å². The third-order valence-corrected chi connectivity index (χ3v) is 3.06. The molecule has 2 aromatic rings. The number of hydrogen-bond acceptors (Lipinski definition) is 2. The third kappa shape index (κ3) is 3.40. The highest BCUT2D eigenvalue weighted by Gasteiger charge is 2.09. The average Bonchev–Trinajstić information content (AvgIpc) is 2.31. The number of nitrogens with one attached hydrogen (secondary N) is 1. The minimum atomic E-state index is -0.266. The van der Waals surface area contributed by atoms with Crippen LogP contribution in [0.2, 0.25) is 10.0 Å². The first-order valence-electron chi connectivity index (χ1n) is 5.59. The summed E-state index contributed by atoms with van der Waals surface area (Å²) in [5, 5.41) is 3.64. The van der Waals surface area contributed by atoms with Gasteiger partial charge in [-0.15, -0.1) is 0 Å². The summed E-state index contributed by atoms with van der Waals surface area (Å²) in [4.78, 5) is 12.1. The molecular weight excluding hydrogens is 283 g/mol. The van der Waals surface area contributed by atoms with Gasteiger partial charge in [0, 0.05) is 27.0 Å². The fraction of sp³-hybridized carbons (Fsp3) is 0.0714. The number of rotatable bonds is 2. The van der Waals surface area contributed by atoms with Gasteiger partial charge in [0.2, 0.25) is 0 Å². The quantitative estimate of drug-likeness (QED) is 0.818. The molecule has 0 saturated heterocycles. The smallest absolute Gasteiger partial charge is 0.255 e. The van der Waals surface area contributed by atoms with Crippen molar-refractivity contribution in [2.24, 2.45) is 0 Å². The molecule has 98 valence electrons. The monoisotopic (exact) mass is 294 g/mol.